The summed E-state index contributed by atoms with van der Waals surface area (Å²) >= 11 is 0. The van der Waals surface area contributed by atoms with Crippen LogP contribution in [-0.4, -0.2) is 33.1 Å². The summed E-state index contributed by atoms with van der Waals surface area (Å²) in [5, 5.41) is 12.5. The monoisotopic (exact) mass is 406 g/mol. The molecule has 0 amide bonds. The van der Waals surface area contributed by atoms with Gasteiger partial charge >= 0.3 is 5.97 Å². The number of ether oxygens (including phenoxy) is 1. The second kappa shape index (κ2) is 6.75. The van der Waals surface area contributed by atoms with E-state index >= 15 is 0 Å². The van der Waals surface area contributed by atoms with Crippen LogP contribution in [-0.2, 0) is 16.6 Å². The molecule has 2 aromatic carbocycles. The van der Waals surface area contributed by atoms with Crippen LogP contribution in [0.4, 0.5) is 10.1 Å². The number of rotatable bonds is 6. The fourth-order valence-corrected chi connectivity index (χ4v) is 4.98. The molecule has 2 unspecified atom stereocenters. The molecule has 1 aliphatic heterocycles. The Morgan fingerprint density at radius 3 is 2.82 bits per heavy atom. The maximum Gasteiger partial charge on any atom is 0.341 e. The third kappa shape index (κ3) is 3.20. The fraction of sp³-hybridized carbons (Fsp3) is 0.316. The van der Waals surface area contributed by atoms with Gasteiger partial charge in [-0.3, -0.25) is 4.72 Å². The molecule has 0 bridgehead atoms. The van der Waals surface area contributed by atoms with Crippen LogP contribution in [0.1, 0.15) is 33.8 Å². The lowest BCUT2D eigenvalue weighted by Crippen LogP contribution is -2.20. The number of benzene rings is 2. The van der Waals surface area contributed by atoms with Crippen molar-refractivity contribution in [3.63, 3.8) is 0 Å². The Kier molecular flexibility index (Phi) is 4.51. The topological polar surface area (TPSA) is 105 Å². The first kappa shape index (κ1) is 18.7. The highest BCUT2D eigenvalue weighted by Crippen LogP contribution is 2.55. The third-order valence-corrected chi connectivity index (χ3v) is 6.56. The molecule has 0 saturated heterocycles. The van der Waals surface area contributed by atoms with E-state index in [0.29, 0.717) is 12.5 Å². The number of carbonyl (C=O) groups is 1. The number of carboxylic acids is 1. The lowest BCUT2D eigenvalue weighted by atomic mass is 10.0. The number of carboxylic acid groups (broad SMARTS) is 1. The summed E-state index contributed by atoms with van der Waals surface area (Å²) in [7, 11) is -2.53. The molecule has 3 N–H and O–H groups in total. The molecule has 0 radical (unpaired) electrons. The van der Waals surface area contributed by atoms with E-state index < -0.39 is 21.8 Å². The zero-order valence-electron chi connectivity index (χ0n) is 15.0. The molecule has 2 atom stereocenters. The van der Waals surface area contributed by atoms with Gasteiger partial charge in [0.25, 0.3) is 10.0 Å². The molecule has 1 fully saturated rings. The van der Waals surface area contributed by atoms with Gasteiger partial charge in [0.2, 0.25) is 0 Å². The molecule has 28 heavy (non-hydrogen) atoms. The maximum absolute atomic E-state index is 13.5. The van der Waals surface area contributed by atoms with Crippen molar-refractivity contribution in [2.24, 2.45) is 5.92 Å². The van der Waals surface area contributed by atoms with Crippen molar-refractivity contribution in [1.29, 1.82) is 0 Å². The first-order chi connectivity index (χ1) is 13.3. The van der Waals surface area contributed by atoms with Gasteiger partial charge in [-0.2, -0.15) is 0 Å². The lowest BCUT2D eigenvalue weighted by molar-refractivity contribution is 0.0692. The van der Waals surface area contributed by atoms with E-state index in [0.717, 1.165) is 30.2 Å². The summed E-state index contributed by atoms with van der Waals surface area (Å²) in [6.07, 6.45) is 0.945. The molecule has 0 spiro atoms. The molecule has 148 valence electrons. The van der Waals surface area contributed by atoms with Crippen molar-refractivity contribution >= 4 is 21.7 Å². The van der Waals surface area contributed by atoms with Gasteiger partial charge in [0.05, 0.1) is 17.2 Å². The standard InChI is InChI=1S/C19H19FN2O5S/c1-21-8-10-6-12(20)2-5-16(10)28(25,26)22-15-4-3-13-14-7-11(14)9-27-18(13)17(15)19(23)24/h2-6,11,14,21-22H,7-9H2,1H3,(H,23,24). The number of hydrogen-bond donors (Lipinski definition) is 3. The molecule has 4 rings (SSSR count). The third-order valence-electron chi connectivity index (χ3n) is 5.09. The van der Waals surface area contributed by atoms with E-state index in [4.69, 9.17) is 4.74 Å². The predicted molar refractivity (Wildman–Crippen MR) is 99.7 cm³/mol. The van der Waals surface area contributed by atoms with E-state index in [9.17, 15) is 22.7 Å². The summed E-state index contributed by atoms with van der Waals surface area (Å²) in [6.45, 7) is 0.564. The predicted octanol–water partition coefficient (Wildman–Crippen LogP) is 2.54. The Balaban J connectivity index is 1.76. The molecule has 1 aliphatic carbocycles. The number of halogens is 1. The average Bonchev–Trinajstić information content (AvgIpc) is 3.41. The molecule has 1 heterocycles. The van der Waals surface area contributed by atoms with Gasteiger partial charge in [0.1, 0.15) is 17.1 Å². The Morgan fingerprint density at radius 2 is 2.11 bits per heavy atom. The smallest absolute Gasteiger partial charge is 0.341 e. The molecule has 1 saturated carbocycles. The van der Waals surface area contributed by atoms with Crippen molar-refractivity contribution in [3.8, 4) is 5.75 Å². The van der Waals surface area contributed by atoms with E-state index in [1.54, 1.807) is 13.1 Å². The first-order valence-electron chi connectivity index (χ1n) is 8.80. The van der Waals surface area contributed by atoms with Gasteiger partial charge in [-0.25, -0.2) is 17.6 Å². The molecular weight excluding hydrogens is 387 g/mol. The normalized spacial score (nSPS) is 19.9. The second-order valence-corrected chi connectivity index (χ2v) is 8.66. The number of anilines is 1. The zero-order valence-corrected chi connectivity index (χ0v) is 15.8. The Hall–Kier alpha value is -2.65. The maximum atomic E-state index is 13.5. The summed E-state index contributed by atoms with van der Waals surface area (Å²) in [5.74, 6) is -0.937. The van der Waals surface area contributed by atoms with E-state index in [1.807, 2.05) is 0 Å². The number of sulfonamides is 1. The van der Waals surface area contributed by atoms with Crippen LogP contribution in [0.3, 0.4) is 0 Å². The minimum atomic E-state index is -4.14. The second-order valence-electron chi connectivity index (χ2n) is 7.01. The van der Waals surface area contributed by atoms with Crippen LogP contribution in [0, 0.1) is 11.7 Å². The SMILES string of the molecule is CNCc1cc(F)ccc1S(=O)(=O)Nc1ccc2c(c1C(=O)O)OCC1CC21. The van der Waals surface area contributed by atoms with Crippen molar-refractivity contribution in [3.05, 3.63) is 52.8 Å². The van der Waals surface area contributed by atoms with E-state index in [2.05, 4.69) is 10.0 Å². The summed E-state index contributed by atoms with van der Waals surface area (Å²) in [6, 6.07) is 6.50. The van der Waals surface area contributed by atoms with Crippen LogP contribution < -0.4 is 14.8 Å². The Bertz CT molecular complexity index is 1070. The minimum absolute atomic E-state index is 0.0786. The van der Waals surface area contributed by atoms with Gasteiger partial charge in [-0.1, -0.05) is 6.07 Å². The largest absolute Gasteiger partial charge is 0.492 e. The number of hydrogen-bond acceptors (Lipinski definition) is 5. The first-order valence-corrected chi connectivity index (χ1v) is 10.3. The summed E-state index contributed by atoms with van der Waals surface area (Å²) in [5.41, 5.74) is 0.755. The molecule has 9 heteroatoms. The number of fused-ring (bicyclic) bond motifs is 3. The molecule has 2 aromatic rings. The van der Waals surface area contributed by atoms with Gasteiger partial charge < -0.3 is 15.2 Å². The van der Waals surface area contributed by atoms with Crippen LogP contribution in [0.15, 0.2) is 35.2 Å². The average molecular weight is 406 g/mol. The summed E-state index contributed by atoms with van der Waals surface area (Å²) < 4.78 is 47.4. The van der Waals surface area contributed by atoms with Crippen LogP contribution in [0.5, 0.6) is 5.75 Å². The van der Waals surface area contributed by atoms with Crippen LogP contribution in [0.2, 0.25) is 0 Å². The van der Waals surface area contributed by atoms with Crippen molar-refractivity contribution in [2.45, 2.75) is 23.8 Å². The molecule has 7 nitrogen and oxygen atoms in total. The number of nitrogens with one attached hydrogen (secondary N) is 2. The quantitative estimate of drug-likeness (QED) is 0.681. The van der Waals surface area contributed by atoms with Crippen molar-refractivity contribution in [1.82, 2.24) is 5.32 Å². The lowest BCUT2D eigenvalue weighted by Gasteiger charge is -2.21. The van der Waals surface area contributed by atoms with Crippen molar-refractivity contribution < 1.29 is 27.4 Å². The highest BCUT2D eigenvalue weighted by atomic mass is 32.2. The van der Waals surface area contributed by atoms with E-state index in [1.165, 1.54) is 6.07 Å². The summed E-state index contributed by atoms with van der Waals surface area (Å²) in [4.78, 5) is 11.8. The number of aromatic carboxylic acids is 1. The van der Waals surface area contributed by atoms with E-state index in [-0.39, 0.29) is 39.9 Å². The Labute approximate surface area is 161 Å². The van der Waals surface area contributed by atoms with Gasteiger partial charge in [-0.05, 0) is 54.8 Å². The molecule has 0 aromatic heterocycles. The van der Waals surface area contributed by atoms with Crippen LogP contribution in [0.25, 0.3) is 0 Å². The fourth-order valence-electron chi connectivity index (χ4n) is 3.69. The van der Waals surface area contributed by atoms with Gasteiger partial charge in [-0.15, -0.1) is 0 Å². The van der Waals surface area contributed by atoms with Crippen molar-refractivity contribution in [2.75, 3.05) is 18.4 Å². The highest BCUT2D eigenvalue weighted by molar-refractivity contribution is 7.92. The van der Waals surface area contributed by atoms with Crippen LogP contribution >= 0.6 is 0 Å². The van der Waals surface area contributed by atoms with Gasteiger partial charge in [0, 0.05) is 12.5 Å². The zero-order chi connectivity index (χ0) is 20.1. The molecular formula is C19H19FN2O5S. The Morgan fingerprint density at radius 1 is 1.32 bits per heavy atom. The minimum Gasteiger partial charge on any atom is -0.492 e. The highest BCUT2D eigenvalue weighted by Gasteiger charge is 2.45. The molecule has 2 aliphatic rings. The van der Waals surface area contributed by atoms with Gasteiger partial charge in [0.15, 0.2) is 0 Å².